The number of aryl methyl sites for hydroxylation is 1. The number of imidazole rings is 1. The number of aromatic nitrogens is 5. The molecule has 2 aromatic heterocycles. The summed E-state index contributed by atoms with van der Waals surface area (Å²) < 4.78 is 13.3. The Labute approximate surface area is 290 Å². The molecule has 4 heterocycles. The van der Waals surface area contributed by atoms with Crippen LogP contribution in [0.25, 0.3) is 50.0 Å². The van der Waals surface area contributed by atoms with Crippen LogP contribution in [0, 0.1) is 13.8 Å². The molecule has 0 radical (unpaired) electrons. The second-order valence-electron chi connectivity index (χ2n) is 13.5. The number of nitrogens with zero attached hydrogens (tertiary/aromatic N) is 5. The molecule has 50 heavy (non-hydrogen) atoms. The predicted molar refractivity (Wildman–Crippen MR) is 200 cm³/mol. The topological polar surface area (TPSA) is 48.8 Å². The molecule has 0 saturated carbocycles. The Morgan fingerprint density at radius 2 is 1.34 bits per heavy atom. The highest BCUT2D eigenvalue weighted by atomic mass is 16.5. The van der Waals surface area contributed by atoms with Crippen molar-refractivity contribution in [3.63, 3.8) is 0 Å². The van der Waals surface area contributed by atoms with Gasteiger partial charge in [-0.25, -0.2) is 14.1 Å². The highest BCUT2D eigenvalue weighted by Crippen LogP contribution is 2.37. The summed E-state index contributed by atoms with van der Waals surface area (Å²) >= 11 is 0. The molecule has 0 saturated heterocycles. The van der Waals surface area contributed by atoms with Crippen molar-refractivity contribution in [1.82, 2.24) is 19.1 Å². The monoisotopic (exact) mass is 650 g/mol. The molecule has 0 aliphatic carbocycles. The molecule has 6 heteroatoms. The number of fused-ring (bicyclic) bond motifs is 6. The Morgan fingerprint density at radius 1 is 0.620 bits per heavy atom. The van der Waals surface area contributed by atoms with Gasteiger partial charge in [0.05, 0.1) is 16.4 Å². The van der Waals surface area contributed by atoms with Crippen LogP contribution >= 0.6 is 0 Å². The lowest BCUT2D eigenvalue weighted by molar-refractivity contribution is -0.604. The summed E-state index contributed by atoms with van der Waals surface area (Å²) in [7, 11) is 0. The van der Waals surface area contributed by atoms with Crippen LogP contribution in [-0.4, -0.2) is 19.1 Å². The van der Waals surface area contributed by atoms with Gasteiger partial charge < -0.3 is 4.74 Å². The number of ether oxygens (including phenoxy) is 1. The minimum atomic E-state index is -0.194. The number of hydrogen-bond donors (Lipinski definition) is 0. The fourth-order valence-corrected chi connectivity index (χ4v) is 7.26. The van der Waals surface area contributed by atoms with Gasteiger partial charge in [-0.1, -0.05) is 80.6 Å². The standard InChI is InChI=1S/C44H36N5O/c1-29-30(2)47-28-48(39-19-10-9-18-38(39)43(47)46-29)33-15-12-16-34(26-33)50-35-21-22-37-36-17-8-11-20-40(36)49(41(37)27-35)42-25-32(23-24-45-42)44(3,4)31-13-6-5-7-14-31/h5-28H,1-4H3/q+1. The molecule has 9 rings (SSSR count). The molecule has 0 bridgehead atoms. The highest BCUT2D eigenvalue weighted by molar-refractivity contribution is 6.09. The lowest BCUT2D eigenvalue weighted by atomic mass is 9.78. The van der Waals surface area contributed by atoms with Crippen molar-refractivity contribution >= 4 is 32.7 Å². The number of para-hydroxylation sites is 2. The summed E-state index contributed by atoms with van der Waals surface area (Å²) in [4.78, 5) is 9.78. The van der Waals surface area contributed by atoms with Crippen molar-refractivity contribution in [1.29, 1.82) is 0 Å². The lowest BCUT2D eigenvalue weighted by Crippen LogP contribution is -2.35. The van der Waals surface area contributed by atoms with E-state index < -0.39 is 0 Å². The van der Waals surface area contributed by atoms with Gasteiger partial charge in [-0.2, -0.15) is 0 Å². The molecule has 242 valence electrons. The van der Waals surface area contributed by atoms with E-state index in [0.29, 0.717) is 0 Å². The van der Waals surface area contributed by atoms with Gasteiger partial charge in [0.15, 0.2) is 0 Å². The predicted octanol–water partition coefficient (Wildman–Crippen LogP) is 9.97. The van der Waals surface area contributed by atoms with Gasteiger partial charge in [-0.3, -0.25) is 4.57 Å². The molecule has 2 aliphatic heterocycles. The first-order valence-corrected chi connectivity index (χ1v) is 17.0. The van der Waals surface area contributed by atoms with E-state index in [9.17, 15) is 0 Å². The third-order valence-electron chi connectivity index (χ3n) is 10.2. The molecule has 0 spiro atoms. The van der Waals surface area contributed by atoms with Gasteiger partial charge in [-0.05, 0) is 79.6 Å². The first-order valence-electron chi connectivity index (χ1n) is 17.0. The van der Waals surface area contributed by atoms with Crippen LogP contribution in [0.15, 0.2) is 146 Å². The van der Waals surface area contributed by atoms with Crippen molar-refractivity contribution in [2.75, 3.05) is 0 Å². The molecular weight excluding hydrogens is 615 g/mol. The van der Waals surface area contributed by atoms with E-state index in [0.717, 1.165) is 67.5 Å². The maximum Gasteiger partial charge on any atom is 0.278 e. The van der Waals surface area contributed by atoms with Crippen LogP contribution in [0.3, 0.4) is 0 Å². The normalized spacial score (nSPS) is 12.0. The lowest BCUT2D eigenvalue weighted by Gasteiger charge is -2.26. The van der Waals surface area contributed by atoms with Gasteiger partial charge >= 0.3 is 0 Å². The zero-order valence-electron chi connectivity index (χ0n) is 28.5. The van der Waals surface area contributed by atoms with Crippen molar-refractivity contribution in [3.05, 3.63) is 168 Å². The summed E-state index contributed by atoms with van der Waals surface area (Å²) in [5.74, 6) is 3.35. The smallest absolute Gasteiger partial charge is 0.278 e. The summed E-state index contributed by atoms with van der Waals surface area (Å²) in [6.45, 7) is 8.71. The molecule has 2 aliphatic rings. The van der Waals surface area contributed by atoms with Crippen molar-refractivity contribution < 1.29 is 9.30 Å². The molecular formula is C44H36N5O+. The fraction of sp³-hybridized carbons (Fsp3) is 0.114. The average Bonchev–Trinajstić information content (AvgIpc) is 3.64. The van der Waals surface area contributed by atoms with E-state index in [1.165, 1.54) is 16.5 Å². The molecule has 7 aromatic rings. The van der Waals surface area contributed by atoms with Gasteiger partial charge in [0.1, 0.15) is 39.9 Å². The van der Waals surface area contributed by atoms with Crippen LogP contribution in [0.2, 0.25) is 0 Å². The second-order valence-corrected chi connectivity index (χ2v) is 13.5. The summed E-state index contributed by atoms with van der Waals surface area (Å²) in [6.07, 6.45) is 4.05. The van der Waals surface area contributed by atoms with E-state index in [1.54, 1.807) is 0 Å². The SMILES string of the molecule is Cc1nc2c3ccccc3n(-c3cccc(Oc4ccc5c6ccccc6n(-c6cc(C(C)(C)c7ccccc7)ccn6)c5c4)c3)c[n+]-2c1C. The third-order valence-corrected chi connectivity index (χ3v) is 10.2. The zero-order chi connectivity index (χ0) is 34.0. The van der Waals surface area contributed by atoms with E-state index in [1.807, 2.05) is 18.3 Å². The van der Waals surface area contributed by atoms with Gasteiger partial charge in [0.2, 0.25) is 6.33 Å². The number of rotatable bonds is 6. The minimum absolute atomic E-state index is 0.194. The molecule has 0 fully saturated rings. The molecule has 5 aromatic carbocycles. The van der Waals surface area contributed by atoms with E-state index in [4.69, 9.17) is 14.7 Å². The molecule has 0 unspecified atom stereocenters. The first kappa shape index (κ1) is 29.8. The Balaban J connectivity index is 1.14. The number of pyridine rings is 1. The Kier molecular flexibility index (Phi) is 6.81. The van der Waals surface area contributed by atoms with Gasteiger partial charge in [0, 0.05) is 34.5 Å². The van der Waals surface area contributed by atoms with Crippen LogP contribution in [-0.2, 0) is 5.41 Å². The van der Waals surface area contributed by atoms with Crippen LogP contribution in [0.4, 0.5) is 0 Å². The Morgan fingerprint density at radius 3 is 2.18 bits per heavy atom. The van der Waals surface area contributed by atoms with Gasteiger partial charge in [-0.15, -0.1) is 4.98 Å². The van der Waals surface area contributed by atoms with Crippen molar-refractivity contribution in [3.8, 4) is 28.8 Å². The third kappa shape index (κ3) is 4.75. The summed E-state index contributed by atoms with van der Waals surface area (Å²) in [6, 6.07) is 46.5. The molecule has 6 nitrogen and oxygen atoms in total. The van der Waals surface area contributed by atoms with E-state index in [-0.39, 0.29) is 5.41 Å². The van der Waals surface area contributed by atoms with Crippen LogP contribution in [0.1, 0.15) is 36.4 Å². The molecule has 0 atom stereocenters. The molecule has 0 amide bonds. The summed E-state index contributed by atoms with van der Waals surface area (Å²) in [5, 5.41) is 3.42. The van der Waals surface area contributed by atoms with Crippen LogP contribution in [0.5, 0.6) is 11.5 Å². The van der Waals surface area contributed by atoms with Crippen LogP contribution < -0.4 is 9.30 Å². The minimum Gasteiger partial charge on any atom is -0.457 e. The number of hydrogen-bond acceptors (Lipinski definition) is 3. The maximum absolute atomic E-state index is 6.63. The maximum atomic E-state index is 6.63. The van der Waals surface area contributed by atoms with Crippen molar-refractivity contribution in [2.45, 2.75) is 33.1 Å². The van der Waals surface area contributed by atoms with Gasteiger partial charge in [0.25, 0.3) is 5.82 Å². The zero-order valence-corrected chi connectivity index (χ0v) is 28.5. The van der Waals surface area contributed by atoms with E-state index in [2.05, 4.69) is 169 Å². The molecule has 0 N–H and O–H groups in total. The quantitative estimate of drug-likeness (QED) is 0.168. The highest BCUT2D eigenvalue weighted by Gasteiger charge is 2.26. The average molecular weight is 651 g/mol. The largest absolute Gasteiger partial charge is 0.457 e. The fourth-order valence-electron chi connectivity index (χ4n) is 7.26. The Bertz CT molecular complexity index is 2680. The second kappa shape index (κ2) is 11.4. The number of benzene rings is 5. The summed E-state index contributed by atoms with van der Waals surface area (Å²) in [5.41, 5.74) is 8.65. The Hall–Kier alpha value is -6.27. The van der Waals surface area contributed by atoms with Crippen molar-refractivity contribution in [2.24, 2.45) is 0 Å². The van der Waals surface area contributed by atoms with E-state index >= 15 is 0 Å². The first-order chi connectivity index (χ1) is 24.4.